The van der Waals surface area contributed by atoms with Crippen molar-refractivity contribution in [2.24, 2.45) is 4.99 Å². The van der Waals surface area contributed by atoms with Gasteiger partial charge in [0.2, 0.25) is 0 Å². The van der Waals surface area contributed by atoms with Gasteiger partial charge in [0.25, 0.3) is 0 Å². The number of nitrogens with zero attached hydrogens (tertiary/aromatic N) is 1. The van der Waals surface area contributed by atoms with Crippen LogP contribution in [0.4, 0.5) is 0 Å². The molecule has 0 spiro atoms. The Morgan fingerprint density at radius 3 is 2.36 bits per heavy atom. The second-order valence-electron chi connectivity index (χ2n) is 3.08. The summed E-state index contributed by atoms with van der Waals surface area (Å²) < 4.78 is 22.8. The first-order valence-corrected chi connectivity index (χ1v) is 6.09. The molecule has 1 aromatic rings. The van der Waals surface area contributed by atoms with Gasteiger partial charge in [0.1, 0.15) is 0 Å². The van der Waals surface area contributed by atoms with E-state index in [0.717, 1.165) is 5.71 Å². The molecule has 3 nitrogen and oxygen atoms in total. The van der Waals surface area contributed by atoms with Crippen molar-refractivity contribution in [1.82, 2.24) is 0 Å². The van der Waals surface area contributed by atoms with E-state index in [1.54, 1.807) is 38.2 Å². The second-order valence-corrected chi connectivity index (χ2v) is 5.06. The van der Waals surface area contributed by atoms with Crippen molar-refractivity contribution in [2.75, 3.05) is 13.3 Å². The summed E-state index contributed by atoms with van der Waals surface area (Å²) in [5.74, 6) is 0. The molecule has 1 rings (SSSR count). The molecule has 76 valence electrons. The molecule has 0 aliphatic carbocycles. The molecule has 0 N–H and O–H groups in total. The predicted molar refractivity (Wildman–Crippen MR) is 57.7 cm³/mol. The second kappa shape index (κ2) is 3.92. The molecule has 0 saturated heterocycles. The number of sulfone groups is 1. The minimum absolute atomic E-state index is 0.336. The van der Waals surface area contributed by atoms with Gasteiger partial charge in [0.05, 0.1) is 4.90 Å². The zero-order valence-electron chi connectivity index (χ0n) is 8.48. The van der Waals surface area contributed by atoms with Crippen LogP contribution in [-0.2, 0) is 9.84 Å². The summed E-state index contributed by atoms with van der Waals surface area (Å²) in [6.07, 6.45) is 1.20. The summed E-state index contributed by atoms with van der Waals surface area (Å²) in [6, 6.07) is 6.87. The van der Waals surface area contributed by atoms with E-state index in [1.165, 1.54) is 6.26 Å². The minimum Gasteiger partial charge on any atom is -0.293 e. The number of benzene rings is 1. The van der Waals surface area contributed by atoms with Crippen LogP contribution < -0.4 is 0 Å². The van der Waals surface area contributed by atoms with E-state index in [9.17, 15) is 8.42 Å². The fourth-order valence-electron chi connectivity index (χ4n) is 1.21. The quantitative estimate of drug-likeness (QED) is 0.696. The Morgan fingerprint density at radius 1 is 1.29 bits per heavy atom. The van der Waals surface area contributed by atoms with Crippen molar-refractivity contribution < 1.29 is 8.42 Å². The first-order chi connectivity index (χ1) is 6.46. The Balaban J connectivity index is 3.46. The average molecular weight is 211 g/mol. The number of hydrogen-bond acceptors (Lipinski definition) is 3. The molecule has 0 radical (unpaired) electrons. The maximum atomic E-state index is 11.4. The van der Waals surface area contributed by atoms with E-state index in [0.29, 0.717) is 10.5 Å². The fourth-order valence-corrected chi connectivity index (χ4v) is 2.15. The summed E-state index contributed by atoms with van der Waals surface area (Å²) in [5, 5.41) is 0. The number of aliphatic imine (C=N–C) groups is 1. The van der Waals surface area contributed by atoms with Crippen molar-refractivity contribution in [3.8, 4) is 0 Å². The van der Waals surface area contributed by atoms with E-state index in [4.69, 9.17) is 0 Å². The van der Waals surface area contributed by atoms with Crippen molar-refractivity contribution in [2.45, 2.75) is 11.8 Å². The van der Waals surface area contributed by atoms with Gasteiger partial charge in [-0.1, -0.05) is 18.2 Å². The standard InChI is InChI=1S/C10H13NO2S/c1-8(11-2)9-6-4-5-7-10(9)14(3,12)13/h4-7H,1-3H3. The molecule has 0 aliphatic rings. The summed E-state index contributed by atoms with van der Waals surface area (Å²) in [4.78, 5) is 4.32. The lowest BCUT2D eigenvalue weighted by molar-refractivity contribution is 0.601. The van der Waals surface area contributed by atoms with Crippen LogP contribution in [0.5, 0.6) is 0 Å². The molecule has 0 amide bonds. The smallest absolute Gasteiger partial charge is 0.176 e. The highest BCUT2D eigenvalue weighted by Gasteiger charge is 2.13. The molecule has 0 saturated carbocycles. The summed E-state index contributed by atoms with van der Waals surface area (Å²) in [6.45, 7) is 1.80. The van der Waals surface area contributed by atoms with E-state index >= 15 is 0 Å². The molecule has 0 unspecified atom stereocenters. The topological polar surface area (TPSA) is 46.5 Å². The van der Waals surface area contributed by atoms with Gasteiger partial charge in [-0.2, -0.15) is 0 Å². The predicted octanol–water partition coefficient (Wildman–Crippen LogP) is 1.53. The van der Waals surface area contributed by atoms with Crippen LogP contribution in [0, 0.1) is 0 Å². The third-order valence-corrected chi connectivity index (χ3v) is 3.17. The van der Waals surface area contributed by atoms with Crippen LogP contribution in [0.15, 0.2) is 34.2 Å². The molecule has 14 heavy (non-hydrogen) atoms. The highest BCUT2D eigenvalue weighted by Crippen LogP contribution is 2.15. The normalized spacial score (nSPS) is 12.9. The number of hydrogen-bond donors (Lipinski definition) is 0. The lowest BCUT2D eigenvalue weighted by Gasteiger charge is -2.06. The first kappa shape index (κ1) is 10.9. The van der Waals surface area contributed by atoms with Crippen molar-refractivity contribution in [3.05, 3.63) is 29.8 Å². The van der Waals surface area contributed by atoms with E-state index in [1.807, 2.05) is 0 Å². The fraction of sp³-hybridized carbons (Fsp3) is 0.300. The summed E-state index contributed by atoms with van der Waals surface area (Å²) in [5.41, 5.74) is 1.41. The van der Waals surface area contributed by atoms with Crippen LogP contribution in [0.3, 0.4) is 0 Å². The Bertz CT molecular complexity index is 461. The van der Waals surface area contributed by atoms with Crippen LogP contribution in [0.2, 0.25) is 0 Å². The van der Waals surface area contributed by atoms with Gasteiger partial charge in [-0.15, -0.1) is 0 Å². The van der Waals surface area contributed by atoms with Crippen LogP contribution in [-0.4, -0.2) is 27.4 Å². The molecule has 0 aromatic heterocycles. The Morgan fingerprint density at radius 2 is 1.86 bits per heavy atom. The Kier molecular flexibility index (Phi) is 3.06. The zero-order chi connectivity index (χ0) is 10.8. The van der Waals surface area contributed by atoms with Crippen molar-refractivity contribution >= 4 is 15.5 Å². The lowest BCUT2D eigenvalue weighted by Crippen LogP contribution is -2.06. The Hall–Kier alpha value is -1.16. The van der Waals surface area contributed by atoms with Gasteiger partial charge in [-0.3, -0.25) is 4.99 Å². The molecule has 0 aliphatic heterocycles. The number of rotatable bonds is 2. The van der Waals surface area contributed by atoms with Crippen LogP contribution in [0.1, 0.15) is 12.5 Å². The minimum atomic E-state index is -3.17. The van der Waals surface area contributed by atoms with Gasteiger partial charge in [0, 0.05) is 24.6 Å². The van der Waals surface area contributed by atoms with Crippen LogP contribution in [0.25, 0.3) is 0 Å². The first-order valence-electron chi connectivity index (χ1n) is 4.19. The van der Waals surface area contributed by atoms with Crippen molar-refractivity contribution in [1.29, 1.82) is 0 Å². The van der Waals surface area contributed by atoms with Gasteiger partial charge >= 0.3 is 0 Å². The lowest BCUT2D eigenvalue weighted by atomic mass is 10.1. The molecular weight excluding hydrogens is 198 g/mol. The maximum Gasteiger partial charge on any atom is 0.176 e. The molecule has 1 aromatic carbocycles. The molecule has 0 bridgehead atoms. The van der Waals surface area contributed by atoms with E-state index < -0.39 is 9.84 Å². The van der Waals surface area contributed by atoms with Gasteiger partial charge < -0.3 is 0 Å². The van der Waals surface area contributed by atoms with E-state index in [-0.39, 0.29) is 0 Å². The van der Waals surface area contributed by atoms with Gasteiger partial charge in [0.15, 0.2) is 9.84 Å². The van der Waals surface area contributed by atoms with Crippen molar-refractivity contribution in [3.63, 3.8) is 0 Å². The third-order valence-electron chi connectivity index (χ3n) is 2.01. The average Bonchev–Trinajstić information content (AvgIpc) is 2.15. The highest BCUT2D eigenvalue weighted by molar-refractivity contribution is 7.90. The summed E-state index contributed by atoms with van der Waals surface area (Å²) in [7, 11) is -1.52. The highest BCUT2D eigenvalue weighted by atomic mass is 32.2. The van der Waals surface area contributed by atoms with Crippen LogP contribution >= 0.6 is 0 Å². The molecule has 0 atom stereocenters. The van der Waals surface area contributed by atoms with E-state index in [2.05, 4.69) is 4.99 Å². The largest absolute Gasteiger partial charge is 0.293 e. The zero-order valence-corrected chi connectivity index (χ0v) is 9.30. The molecule has 4 heteroatoms. The SMILES string of the molecule is CN=C(C)c1ccccc1S(C)(=O)=O. The third kappa shape index (κ3) is 2.20. The molecule has 0 fully saturated rings. The van der Waals surface area contributed by atoms with Gasteiger partial charge in [-0.05, 0) is 13.0 Å². The maximum absolute atomic E-state index is 11.4. The molecule has 0 heterocycles. The monoisotopic (exact) mass is 211 g/mol. The Labute approximate surface area is 84.4 Å². The molecular formula is C10H13NO2S. The van der Waals surface area contributed by atoms with Gasteiger partial charge in [-0.25, -0.2) is 8.42 Å². The summed E-state index contributed by atoms with van der Waals surface area (Å²) >= 11 is 0.